The number of hydrogen-bond donors (Lipinski definition) is 6. The second-order valence-electron chi connectivity index (χ2n) is 16.5. The van der Waals surface area contributed by atoms with E-state index in [0.717, 1.165) is 48.3 Å². The monoisotopic (exact) mass is 878 g/mol. The predicted molar refractivity (Wildman–Crippen MR) is 244 cm³/mol. The predicted octanol–water partition coefficient (Wildman–Crippen LogP) is 7.30. The van der Waals surface area contributed by atoms with E-state index in [9.17, 15) is 29.4 Å². The Labute approximate surface area is 371 Å². The highest BCUT2D eigenvalue weighted by atomic mass is 35.5. The van der Waals surface area contributed by atoms with Crippen molar-refractivity contribution in [3.63, 3.8) is 0 Å². The molecule has 5 aromatic rings. The van der Waals surface area contributed by atoms with Crippen LogP contribution in [0.4, 0.5) is 16.2 Å². The Morgan fingerprint density at radius 1 is 0.921 bits per heavy atom. The minimum absolute atomic E-state index is 0.0690. The first-order valence-electron chi connectivity index (χ1n) is 21.4. The number of aliphatic hydroxyl groups excluding tert-OH is 1. The van der Waals surface area contributed by atoms with Crippen molar-refractivity contribution in [3.8, 4) is 22.6 Å². The molecule has 0 radical (unpaired) electrons. The number of amides is 3. The van der Waals surface area contributed by atoms with Crippen LogP contribution in [0.3, 0.4) is 0 Å². The van der Waals surface area contributed by atoms with Gasteiger partial charge in [-0.05, 0) is 72.9 Å². The lowest BCUT2D eigenvalue weighted by Gasteiger charge is -2.21. The van der Waals surface area contributed by atoms with Gasteiger partial charge in [-0.15, -0.1) is 0 Å². The fourth-order valence-electron chi connectivity index (χ4n) is 8.81. The number of fused-ring (bicyclic) bond motifs is 2. The Hall–Kier alpha value is -5.93. The Morgan fingerprint density at radius 3 is 2.43 bits per heavy atom. The number of nitrogens with one attached hydrogen (secondary N) is 4. The molecule has 0 spiro atoms. The van der Waals surface area contributed by atoms with E-state index in [4.69, 9.17) is 21.1 Å². The molecule has 14 nitrogen and oxygen atoms in total. The number of aromatic nitrogens is 1. The van der Waals surface area contributed by atoms with Gasteiger partial charge in [0.15, 0.2) is 0 Å². The zero-order valence-corrected chi connectivity index (χ0v) is 36.3. The number of likely N-dealkylation sites (tertiary alicyclic amines) is 1. The summed E-state index contributed by atoms with van der Waals surface area (Å²) in [7, 11) is 3.32. The average molecular weight is 879 g/mol. The molecule has 1 unspecified atom stereocenters. The molecule has 4 atom stereocenters. The normalized spacial score (nSPS) is 17.6. The number of H-pyrrole nitrogens is 1. The van der Waals surface area contributed by atoms with Crippen LogP contribution in [-0.2, 0) is 20.9 Å². The highest BCUT2D eigenvalue weighted by molar-refractivity contribution is 6.33. The second-order valence-corrected chi connectivity index (χ2v) is 16.9. The molecule has 63 heavy (non-hydrogen) atoms. The number of nitrogens with zero attached hydrogens (tertiary/aromatic N) is 2. The third kappa shape index (κ3) is 11.6. The Balaban J connectivity index is 0.774. The first kappa shape index (κ1) is 45.1. The molecular formula is C48H55ClN6O8. The van der Waals surface area contributed by atoms with Crippen molar-refractivity contribution in [3.05, 3.63) is 117 Å². The summed E-state index contributed by atoms with van der Waals surface area (Å²) in [4.78, 5) is 57.2. The molecule has 1 aliphatic heterocycles. The van der Waals surface area contributed by atoms with Gasteiger partial charge in [0.05, 0.1) is 35.1 Å². The summed E-state index contributed by atoms with van der Waals surface area (Å²) >= 11 is 6.58. The van der Waals surface area contributed by atoms with Gasteiger partial charge in [0, 0.05) is 87.8 Å². The molecule has 4 aromatic carbocycles. The number of aliphatic hydroxyl groups is 1. The van der Waals surface area contributed by atoms with E-state index >= 15 is 0 Å². The fourth-order valence-corrected chi connectivity index (χ4v) is 9.04. The van der Waals surface area contributed by atoms with Crippen molar-refractivity contribution in [1.82, 2.24) is 20.1 Å². The van der Waals surface area contributed by atoms with Gasteiger partial charge >= 0.3 is 6.09 Å². The van der Waals surface area contributed by atoms with E-state index in [1.165, 1.54) is 19.2 Å². The number of rotatable bonds is 18. The third-order valence-corrected chi connectivity index (χ3v) is 12.4. The zero-order chi connectivity index (χ0) is 44.5. The Kier molecular flexibility index (Phi) is 15.0. The van der Waals surface area contributed by atoms with Crippen molar-refractivity contribution < 1.29 is 34.1 Å². The lowest BCUT2D eigenvalue weighted by atomic mass is 10.0. The van der Waals surface area contributed by atoms with Crippen molar-refractivity contribution >= 4 is 51.8 Å². The number of para-hydroxylation sites is 1. The highest BCUT2D eigenvalue weighted by Crippen LogP contribution is 2.40. The summed E-state index contributed by atoms with van der Waals surface area (Å²) in [6.45, 7) is 3.47. The molecule has 1 saturated heterocycles. The third-order valence-electron chi connectivity index (χ3n) is 12.1. The quantitative estimate of drug-likeness (QED) is 0.0488. The van der Waals surface area contributed by atoms with Gasteiger partial charge < -0.3 is 45.1 Å². The molecule has 3 amide bonds. The Bertz CT molecular complexity index is 2450. The molecule has 2 aliphatic rings. The number of ether oxygens (including phenoxy) is 2. The standard InChI is InChI=1S/C48H55ClN6O8/c1-54(46(60)19-21-55-28-32-22-34(23-33(32)29-55)63-48(61)52-39-13-7-6-12-35(39)30-10-4-3-5-11-30)20-9-8-14-44(58)51-40-25-43(62-2)31(24-38(40)49)26-50-27-42(57)36-15-17-41(56)47-37(36)16-18-45(59)53-47/h3-7,10-13,15-18,24-25,32-34,42,50,56-57H,8-9,14,19-23,26-29H2,1-2H3,(H,51,58)(H,52,61)(H,53,59)/t32-,33+,34?,42-/m0/s1. The zero-order valence-electron chi connectivity index (χ0n) is 35.6. The molecule has 1 aromatic heterocycles. The van der Waals surface area contributed by atoms with Crippen molar-refractivity contribution in [2.45, 2.75) is 57.3 Å². The summed E-state index contributed by atoms with van der Waals surface area (Å²) in [5.41, 5.74) is 4.26. The molecule has 1 saturated carbocycles. The molecule has 2 heterocycles. The topological polar surface area (TPSA) is 186 Å². The van der Waals surface area contributed by atoms with Crippen LogP contribution in [0.1, 0.15) is 55.8 Å². The number of carbonyl (C=O) groups excluding carboxylic acids is 3. The number of carbonyl (C=O) groups is 3. The molecule has 7 rings (SSSR count). The van der Waals surface area contributed by atoms with Crippen LogP contribution >= 0.6 is 11.6 Å². The summed E-state index contributed by atoms with van der Waals surface area (Å²) < 4.78 is 11.5. The molecular weight excluding hydrogens is 824 g/mol. The van der Waals surface area contributed by atoms with Crippen LogP contribution in [0.25, 0.3) is 22.0 Å². The van der Waals surface area contributed by atoms with Crippen LogP contribution in [0, 0.1) is 11.8 Å². The minimum Gasteiger partial charge on any atom is -0.506 e. The van der Waals surface area contributed by atoms with E-state index < -0.39 is 12.2 Å². The molecule has 2 fully saturated rings. The molecule has 332 valence electrons. The van der Waals surface area contributed by atoms with Crippen LogP contribution in [0.5, 0.6) is 11.5 Å². The van der Waals surface area contributed by atoms with Gasteiger partial charge in [0.25, 0.3) is 0 Å². The summed E-state index contributed by atoms with van der Waals surface area (Å²) in [6.07, 6.45) is 2.07. The maximum absolute atomic E-state index is 13.0. The van der Waals surface area contributed by atoms with Crippen molar-refractivity contribution in [2.75, 3.05) is 57.5 Å². The number of phenolic OH excluding ortho intramolecular Hbond substituents is 1. The van der Waals surface area contributed by atoms with Crippen LogP contribution < -0.4 is 26.2 Å². The number of methoxy groups -OCH3 is 1. The van der Waals surface area contributed by atoms with Gasteiger partial charge in [0.2, 0.25) is 17.4 Å². The van der Waals surface area contributed by atoms with Crippen molar-refractivity contribution in [1.29, 1.82) is 0 Å². The summed E-state index contributed by atoms with van der Waals surface area (Å²) in [6, 6.07) is 27.0. The lowest BCUT2D eigenvalue weighted by Crippen LogP contribution is -2.33. The van der Waals surface area contributed by atoms with Crippen molar-refractivity contribution in [2.24, 2.45) is 11.8 Å². The highest BCUT2D eigenvalue weighted by Gasteiger charge is 2.42. The first-order chi connectivity index (χ1) is 30.4. The molecule has 1 aliphatic carbocycles. The number of halogens is 1. The van der Waals surface area contributed by atoms with Gasteiger partial charge in [0.1, 0.15) is 17.6 Å². The molecule has 6 N–H and O–H groups in total. The maximum Gasteiger partial charge on any atom is 0.411 e. The number of aromatic hydroxyl groups is 1. The largest absolute Gasteiger partial charge is 0.506 e. The van der Waals surface area contributed by atoms with Crippen LogP contribution in [-0.4, -0.2) is 95.9 Å². The number of aromatic amines is 1. The van der Waals surface area contributed by atoms with E-state index in [0.29, 0.717) is 78.1 Å². The van der Waals surface area contributed by atoms with E-state index in [2.05, 4.69) is 25.8 Å². The smallest absolute Gasteiger partial charge is 0.411 e. The van der Waals surface area contributed by atoms with Gasteiger partial charge in [-0.25, -0.2) is 4.79 Å². The summed E-state index contributed by atoms with van der Waals surface area (Å²) in [5, 5.41) is 31.0. The SMILES string of the molecule is COc1cc(NC(=O)CCCCN(C)C(=O)CCN2C[C@H]3CC(OC(=O)Nc4ccccc4-c4ccccc4)C[C@H]3C2)c(Cl)cc1CNC[C@H](O)c1ccc(O)c2[nH]c(=O)ccc12. The second kappa shape index (κ2) is 21.0. The minimum atomic E-state index is -0.942. The maximum atomic E-state index is 13.0. The van der Waals surface area contributed by atoms with E-state index in [1.54, 1.807) is 36.2 Å². The Morgan fingerprint density at radius 2 is 1.67 bits per heavy atom. The van der Waals surface area contributed by atoms with E-state index in [1.807, 2.05) is 54.6 Å². The lowest BCUT2D eigenvalue weighted by molar-refractivity contribution is -0.130. The number of hydrogen-bond acceptors (Lipinski definition) is 10. The number of anilines is 2. The molecule has 0 bridgehead atoms. The number of benzene rings is 4. The number of phenols is 1. The van der Waals surface area contributed by atoms with Crippen LogP contribution in [0.2, 0.25) is 5.02 Å². The van der Waals surface area contributed by atoms with Gasteiger partial charge in [-0.2, -0.15) is 0 Å². The van der Waals surface area contributed by atoms with E-state index in [-0.39, 0.29) is 47.7 Å². The average Bonchev–Trinajstić information content (AvgIpc) is 3.84. The summed E-state index contributed by atoms with van der Waals surface area (Å²) in [5.74, 6) is 1.15. The molecule has 15 heteroatoms. The van der Waals surface area contributed by atoms with Crippen LogP contribution in [0.15, 0.2) is 95.8 Å². The fraction of sp³-hybridized carbons (Fsp3) is 0.375. The van der Waals surface area contributed by atoms with Gasteiger partial charge in [-0.1, -0.05) is 66.2 Å². The first-order valence-corrected chi connectivity index (χ1v) is 21.8. The van der Waals surface area contributed by atoms with Gasteiger partial charge in [-0.3, -0.25) is 19.7 Å². The number of pyridine rings is 1. The number of unbranched alkanes of at least 4 members (excludes halogenated alkanes) is 1.